The average Bonchev–Trinajstić information content (AvgIpc) is 2.85. The highest BCUT2D eigenvalue weighted by atomic mass is 32.1. The molecule has 1 unspecified atom stereocenters. The molecule has 0 spiro atoms. The van der Waals surface area contributed by atoms with Crippen LogP contribution in [0.1, 0.15) is 22.7 Å². The second-order valence-electron chi connectivity index (χ2n) is 4.00. The molecule has 0 saturated heterocycles. The second-order valence-corrected chi connectivity index (χ2v) is 4.78. The zero-order chi connectivity index (χ0) is 12.3. The quantitative estimate of drug-likeness (QED) is 0.894. The van der Waals surface area contributed by atoms with Gasteiger partial charge in [-0.05, 0) is 59.6 Å². The lowest BCUT2D eigenvalue weighted by Crippen LogP contribution is -2.18. The normalized spacial score (nSPS) is 12.4. The molecule has 0 aliphatic rings. The van der Waals surface area contributed by atoms with Crippen molar-refractivity contribution in [3.63, 3.8) is 0 Å². The van der Waals surface area contributed by atoms with Crippen molar-refractivity contribution in [1.82, 2.24) is 5.32 Å². The summed E-state index contributed by atoms with van der Waals surface area (Å²) in [5, 5.41) is 7.66. The van der Waals surface area contributed by atoms with E-state index in [4.69, 9.17) is 4.74 Å². The predicted molar refractivity (Wildman–Crippen MR) is 73.0 cm³/mol. The molecule has 1 aromatic heterocycles. The van der Waals surface area contributed by atoms with E-state index in [1.165, 1.54) is 16.7 Å². The number of nitrogens with one attached hydrogen (secondary N) is 1. The molecule has 0 aliphatic carbocycles. The highest BCUT2D eigenvalue weighted by Gasteiger charge is 2.14. The fourth-order valence-electron chi connectivity index (χ4n) is 2.04. The van der Waals surface area contributed by atoms with Gasteiger partial charge in [0, 0.05) is 0 Å². The Kier molecular flexibility index (Phi) is 3.82. The smallest absolute Gasteiger partial charge is 0.119 e. The zero-order valence-electron chi connectivity index (χ0n) is 10.4. The molecule has 1 atom stereocenters. The molecule has 3 heteroatoms. The summed E-state index contributed by atoms with van der Waals surface area (Å²) in [4.78, 5) is 0. The van der Waals surface area contributed by atoms with Crippen molar-refractivity contribution in [2.45, 2.75) is 13.0 Å². The Morgan fingerprint density at radius 3 is 2.65 bits per heavy atom. The molecule has 2 nitrogen and oxygen atoms in total. The van der Waals surface area contributed by atoms with E-state index in [0.717, 1.165) is 5.75 Å². The molecule has 0 fully saturated rings. The lowest BCUT2D eigenvalue weighted by atomic mass is 9.97. The molecule has 0 aliphatic heterocycles. The SMILES string of the molecule is CNC(c1ccsc1)c1ccc(OC)cc1C. The van der Waals surface area contributed by atoms with Gasteiger partial charge in [-0.2, -0.15) is 11.3 Å². The van der Waals surface area contributed by atoms with Crippen LogP contribution in [0, 0.1) is 6.92 Å². The summed E-state index contributed by atoms with van der Waals surface area (Å²) in [6, 6.07) is 8.64. The van der Waals surface area contributed by atoms with Gasteiger partial charge in [-0.1, -0.05) is 6.07 Å². The summed E-state index contributed by atoms with van der Waals surface area (Å²) in [7, 11) is 3.69. The number of methoxy groups -OCH3 is 1. The van der Waals surface area contributed by atoms with E-state index in [2.05, 4.69) is 41.2 Å². The topological polar surface area (TPSA) is 21.3 Å². The van der Waals surface area contributed by atoms with Crippen LogP contribution in [-0.4, -0.2) is 14.2 Å². The summed E-state index contributed by atoms with van der Waals surface area (Å²) in [6.07, 6.45) is 0. The van der Waals surface area contributed by atoms with Crippen molar-refractivity contribution >= 4 is 11.3 Å². The molecular weight excluding hydrogens is 230 g/mol. The number of rotatable bonds is 4. The Labute approximate surface area is 106 Å². The third-order valence-corrected chi connectivity index (χ3v) is 3.65. The van der Waals surface area contributed by atoms with Gasteiger partial charge in [-0.3, -0.25) is 0 Å². The first-order chi connectivity index (χ1) is 8.26. The highest BCUT2D eigenvalue weighted by Crippen LogP contribution is 2.28. The molecule has 0 bridgehead atoms. The van der Waals surface area contributed by atoms with Crippen LogP contribution in [0.5, 0.6) is 5.75 Å². The van der Waals surface area contributed by atoms with Gasteiger partial charge in [0.05, 0.1) is 13.2 Å². The van der Waals surface area contributed by atoms with Crippen LogP contribution in [0.4, 0.5) is 0 Å². The fraction of sp³-hybridized carbons (Fsp3) is 0.286. The molecule has 1 heterocycles. The van der Waals surface area contributed by atoms with Crippen molar-refractivity contribution in [2.24, 2.45) is 0 Å². The Morgan fingerprint density at radius 2 is 2.12 bits per heavy atom. The minimum Gasteiger partial charge on any atom is -0.497 e. The number of hydrogen-bond donors (Lipinski definition) is 1. The van der Waals surface area contributed by atoms with Crippen LogP contribution in [0.2, 0.25) is 0 Å². The van der Waals surface area contributed by atoms with Gasteiger partial charge in [0.15, 0.2) is 0 Å². The summed E-state index contributed by atoms with van der Waals surface area (Å²) >= 11 is 1.73. The molecular formula is C14H17NOS. The minimum atomic E-state index is 0.257. The maximum Gasteiger partial charge on any atom is 0.119 e. The van der Waals surface area contributed by atoms with E-state index in [1.54, 1.807) is 18.4 Å². The summed E-state index contributed by atoms with van der Waals surface area (Å²) < 4.78 is 5.24. The summed E-state index contributed by atoms with van der Waals surface area (Å²) in [6.45, 7) is 2.12. The van der Waals surface area contributed by atoms with Gasteiger partial charge < -0.3 is 10.1 Å². The Balaban J connectivity index is 2.38. The number of benzene rings is 1. The lowest BCUT2D eigenvalue weighted by molar-refractivity contribution is 0.414. The van der Waals surface area contributed by atoms with E-state index in [1.807, 2.05) is 13.1 Å². The zero-order valence-corrected chi connectivity index (χ0v) is 11.2. The van der Waals surface area contributed by atoms with Gasteiger partial charge >= 0.3 is 0 Å². The number of hydrogen-bond acceptors (Lipinski definition) is 3. The molecule has 0 saturated carbocycles. The lowest BCUT2D eigenvalue weighted by Gasteiger charge is -2.18. The average molecular weight is 247 g/mol. The van der Waals surface area contributed by atoms with Crippen LogP contribution in [0.3, 0.4) is 0 Å². The van der Waals surface area contributed by atoms with Crippen LogP contribution in [0.25, 0.3) is 0 Å². The number of aryl methyl sites for hydroxylation is 1. The highest BCUT2D eigenvalue weighted by molar-refractivity contribution is 7.08. The Morgan fingerprint density at radius 1 is 1.29 bits per heavy atom. The molecule has 2 aromatic rings. The summed E-state index contributed by atoms with van der Waals surface area (Å²) in [5.41, 5.74) is 3.85. The van der Waals surface area contributed by atoms with Gasteiger partial charge in [0.2, 0.25) is 0 Å². The van der Waals surface area contributed by atoms with Crippen LogP contribution < -0.4 is 10.1 Å². The van der Waals surface area contributed by atoms with Crippen molar-refractivity contribution in [3.05, 3.63) is 51.7 Å². The molecule has 0 amide bonds. The first-order valence-corrected chi connectivity index (χ1v) is 6.54. The van der Waals surface area contributed by atoms with Crippen LogP contribution in [0.15, 0.2) is 35.0 Å². The molecule has 17 heavy (non-hydrogen) atoms. The standard InChI is InChI=1S/C14H17NOS/c1-10-8-12(16-3)4-5-13(10)14(15-2)11-6-7-17-9-11/h4-9,14-15H,1-3H3. The maximum atomic E-state index is 5.24. The van der Waals surface area contributed by atoms with E-state index in [9.17, 15) is 0 Å². The monoisotopic (exact) mass is 247 g/mol. The largest absolute Gasteiger partial charge is 0.497 e. The van der Waals surface area contributed by atoms with E-state index in [-0.39, 0.29) is 6.04 Å². The van der Waals surface area contributed by atoms with Gasteiger partial charge in [0.25, 0.3) is 0 Å². The third kappa shape index (κ3) is 2.51. The van der Waals surface area contributed by atoms with Crippen LogP contribution in [-0.2, 0) is 0 Å². The molecule has 1 N–H and O–H groups in total. The van der Waals surface area contributed by atoms with E-state index >= 15 is 0 Å². The first-order valence-electron chi connectivity index (χ1n) is 5.60. The second kappa shape index (κ2) is 5.34. The molecule has 2 rings (SSSR count). The van der Waals surface area contributed by atoms with Crippen molar-refractivity contribution in [2.75, 3.05) is 14.2 Å². The van der Waals surface area contributed by atoms with Crippen molar-refractivity contribution < 1.29 is 4.74 Å². The first kappa shape index (κ1) is 12.1. The minimum absolute atomic E-state index is 0.257. The fourth-order valence-corrected chi connectivity index (χ4v) is 2.73. The third-order valence-electron chi connectivity index (χ3n) is 2.95. The Bertz CT molecular complexity index is 479. The maximum absolute atomic E-state index is 5.24. The number of thiophene rings is 1. The molecule has 0 radical (unpaired) electrons. The Hall–Kier alpha value is -1.32. The summed E-state index contributed by atoms with van der Waals surface area (Å²) in [5.74, 6) is 0.909. The predicted octanol–water partition coefficient (Wildman–Crippen LogP) is 3.37. The van der Waals surface area contributed by atoms with Gasteiger partial charge in [0.1, 0.15) is 5.75 Å². The number of ether oxygens (including phenoxy) is 1. The van der Waals surface area contributed by atoms with Crippen molar-refractivity contribution in [1.29, 1.82) is 0 Å². The van der Waals surface area contributed by atoms with Crippen molar-refractivity contribution in [3.8, 4) is 5.75 Å². The van der Waals surface area contributed by atoms with Gasteiger partial charge in [-0.25, -0.2) is 0 Å². The van der Waals surface area contributed by atoms with E-state index in [0.29, 0.717) is 0 Å². The molecule has 90 valence electrons. The van der Waals surface area contributed by atoms with E-state index < -0.39 is 0 Å². The molecule has 1 aromatic carbocycles. The van der Waals surface area contributed by atoms with Crippen LogP contribution >= 0.6 is 11.3 Å². The van der Waals surface area contributed by atoms with Gasteiger partial charge in [-0.15, -0.1) is 0 Å².